The zero-order valence-electron chi connectivity index (χ0n) is 15.2. The Balaban J connectivity index is 1.86. The molecule has 10 heteroatoms. The number of aromatic nitrogens is 2. The van der Waals surface area contributed by atoms with Crippen LogP contribution in [0.2, 0.25) is 10.0 Å². The maximum absolute atomic E-state index is 11.5. The van der Waals surface area contributed by atoms with Crippen molar-refractivity contribution in [2.45, 2.75) is 25.4 Å². The number of hydrogen-bond acceptors (Lipinski definition) is 7. The van der Waals surface area contributed by atoms with Gasteiger partial charge in [0.1, 0.15) is 11.4 Å². The summed E-state index contributed by atoms with van der Waals surface area (Å²) in [4.78, 5) is 22.0. The lowest BCUT2D eigenvalue weighted by Gasteiger charge is -2.23. The predicted octanol–water partition coefficient (Wildman–Crippen LogP) is 3.06. The fourth-order valence-electron chi connectivity index (χ4n) is 3.19. The summed E-state index contributed by atoms with van der Waals surface area (Å²) in [5.74, 6) is -0.189. The first-order valence-electron chi connectivity index (χ1n) is 8.68. The molecule has 1 atom stereocenters. The topological polar surface area (TPSA) is 108 Å². The Morgan fingerprint density at radius 2 is 2.11 bits per heavy atom. The van der Waals surface area contributed by atoms with E-state index in [1.165, 1.54) is 13.3 Å². The minimum absolute atomic E-state index is 0.00432. The number of hydrogen-bond donors (Lipinski definition) is 3. The average Bonchev–Trinajstić information content (AvgIpc) is 3.14. The van der Waals surface area contributed by atoms with E-state index in [4.69, 9.17) is 27.9 Å². The Kier molecular flexibility index (Phi) is 6.43. The number of nitrogens with one attached hydrogen (secondary N) is 1. The number of anilines is 2. The molecular formula is C18H20Cl2N4O4. The minimum atomic E-state index is -1.14. The van der Waals surface area contributed by atoms with Gasteiger partial charge in [-0.15, -0.1) is 0 Å². The summed E-state index contributed by atoms with van der Waals surface area (Å²) in [6.07, 6.45) is 3.03. The maximum atomic E-state index is 11.5. The van der Waals surface area contributed by atoms with E-state index < -0.39 is 5.97 Å². The van der Waals surface area contributed by atoms with Crippen molar-refractivity contribution in [3.8, 4) is 5.75 Å². The zero-order chi connectivity index (χ0) is 20.3. The smallest absolute Gasteiger partial charge is 0.341 e. The van der Waals surface area contributed by atoms with Crippen molar-refractivity contribution in [1.82, 2.24) is 9.97 Å². The van der Waals surface area contributed by atoms with Crippen LogP contribution in [0.15, 0.2) is 18.3 Å². The van der Waals surface area contributed by atoms with Crippen LogP contribution in [0.25, 0.3) is 0 Å². The van der Waals surface area contributed by atoms with Gasteiger partial charge >= 0.3 is 5.97 Å². The molecule has 3 N–H and O–H groups in total. The molecule has 0 amide bonds. The highest BCUT2D eigenvalue weighted by atomic mass is 35.5. The van der Waals surface area contributed by atoms with Crippen LogP contribution >= 0.6 is 23.2 Å². The fraction of sp³-hybridized carbons (Fsp3) is 0.389. The van der Waals surface area contributed by atoms with Gasteiger partial charge in [-0.25, -0.2) is 9.78 Å². The minimum Gasteiger partial charge on any atom is -0.494 e. The lowest BCUT2D eigenvalue weighted by molar-refractivity contribution is 0.0697. The third kappa shape index (κ3) is 4.24. The van der Waals surface area contributed by atoms with Crippen molar-refractivity contribution < 1.29 is 19.7 Å². The van der Waals surface area contributed by atoms with Gasteiger partial charge < -0.3 is 25.2 Å². The summed E-state index contributed by atoms with van der Waals surface area (Å²) in [5, 5.41) is 22.7. The maximum Gasteiger partial charge on any atom is 0.341 e. The number of carboxylic acid groups (broad SMARTS) is 1. The highest BCUT2D eigenvalue weighted by Crippen LogP contribution is 2.34. The van der Waals surface area contributed by atoms with Crippen molar-refractivity contribution in [3.63, 3.8) is 0 Å². The molecule has 2 aromatic rings. The van der Waals surface area contributed by atoms with E-state index in [1.54, 1.807) is 12.1 Å². The number of aliphatic hydroxyl groups excluding tert-OH is 1. The number of benzene rings is 1. The molecule has 0 radical (unpaired) electrons. The summed E-state index contributed by atoms with van der Waals surface area (Å²) in [7, 11) is 1.48. The first-order valence-corrected chi connectivity index (χ1v) is 9.43. The van der Waals surface area contributed by atoms with Gasteiger partial charge in [-0.05, 0) is 30.5 Å². The molecule has 1 aromatic carbocycles. The molecule has 0 bridgehead atoms. The lowest BCUT2D eigenvalue weighted by atomic mass is 10.2. The van der Waals surface area contributed by atoms with Gasteiger partial charge in [0.2, 0.25) is 5.95 Å². The van der Waals surface area contributed by atoms with Crippen LogP contribution in [0.3, 0.4) is 0 Å². The third-order valence-corrected chi connectivity index (χ3v) is 5.13. The van der Waals surface area contributed by atoms with Gasteiger partial charge in [-0.2, -0.15) is 4.98 Å². The molecule has 0 saturated carbocycles. The number of carbonyl (C=O) groups is 1. The van der Waals surface area contributed by atoms with Gasteiger partial charge in [-0.1, -0.05) is 23.2 Å². The quantitative estimate of drug-likeness (QED) is 0.619. The Bertz CT molecular complexity index is 858. The van der Waals surface area contributed by atoms with E-state index in [0.717, 1.165) is 18.4 Å². The van der Waals surface area contributed by atoms with Gasteiger partial charge in [0, 0.05) is 19.3 Å². The van der Waals surface area contributed by atoms with Crippen molar-refractivity contribution in [2.75, 3.05) is 30.5 Å². The highest BCUT2D eigenvalue weighted by molar-refractivity contribution is 6.37. The van der Waals surface area contributed by atoms with Crippen LogP contribution in [-0.2, 0) is 6.54 Å². The summed E-state index contributed by atoms with van der Waals surface area (Å²) < 4.78 is 5.13. The molecule has 3 rings (SSSR count). The highest BCUT2D eigenvalue weighted by Gasteiger charge is 2.27. The first-order chi connectivity index (χ1) is 13.4. The van der Waals surface area contributed by atoms with Crippen LogP contribution in [-0.4, -0.2) is 52.5 Å². The van der Waals surface area contributed by atoms with Crippen molar-refractivity contribution in [1.29, 1.82) is 0 Å². The molecular weight excluding hydrogens is 407 g/mol. The Hall–Kier alpha value is -2.29. The number of halogens is 2. The largest absolute Gasteiger partial charge is 0.494 e. The van der Waals surface area contributed by atoms with Crippen molar-refractivity contribution >= 4 is 40.9 Å². The monoisotopic (exact) mass is 426 g/mol. The molecule has 1 aromatic heterocycles. The number of methoxy groups -OCH3 is 1. The fourth-order valence-corrected chi connectivity index (χ4v) is 3.87. The van der Waals surface area contributed by atoms with E-state index in [0.29, 0.717) is 28.3 Å². The van der Waals surface area contributed by atoms with E-state index >= 15 is 0 Å². The number of aliphatic hydroxyl groups is 1. The molecule has 1 fully saturated rings. The van der Waals surface area contributed by atoms with Gasteiger partial charge in [-0.3, -0.25) is 0 Å². The van der Waals surface area contributed by atoms with Crippen LogP contribution in [0.4, 0.5) is 11.8 Å². The van der Waals surface area contributed by atoms with Gasteiger partial charge in [0.15, 0.2) is 5.75 Å². The average molecular weight is 427 g/mol. The normalized spacial score (nSPS) is 16.3. The molecule has 2 heterocycles. The number of ether oxygens (including phenoxy) is 1. The van der Waals surface area contributed by atoms with Crippen LogP contribution < -0.4 is 15.0 Å². The van der Waals surface area contributed by atoms with Crippen LogP contribution in [0.1, 0.15) is 28.8 Å². The molecule has 0 aliphatic carbocycles. The molecule has 1 aliphatic heterocycles. The predicted molar refractivity (Wildman–Crippen MR) is 107 cm³/mol. The summed E-state index contributed by atoms with van der Waals surface area (Å²) in [6, 6.07) is 3.30. The van der Waals surface area contributed by atoms with Crippen molar-refractivity contribution in [2.24, 2.45) is 0 Å². The SMILES string of the molecule is COc1c(Cl)cc(CNc2nc(N3CCCC3CO)ncc2C(=O)O)cc1Cl. The number of nitrogens with zero attached hydrogens (tertiary/aromatic N) is 3. The van der Waals surface area contributed by atoms with E-state index in [1.807, 2.05) is 4.90 Å². The lowest BCUT2D eigenvalue weighted by Crippen LogP contribution is -2.33. The second-order valence-electron chi connectivity index (χ2n) is 6.36. The van der Waals surface area contributed by atoms with Gasteiger partial charge in [0.05, 0.1) is 29.8 Å². The van der Waals surface area contributed by atoms with E-state index in [-0.39, 0.29) is 30.6 Å². The third-order valence-electron chi connectivity index (χ3n) is 4.57. The number of rotatable bonds is 7. The summed E-state index contributed by atoms with van der Waals surface area (Å²) in [5.41, 5.74) is 0.691. The molecule has 28 heavy (non-hydrogen) atoms. The van der Waals surface area contributed by atoms with Gasteiger partial charge in [0.25, 0.3) is 0 Å². The first kappa shape index (κ1) is 20.4. The zero-order valence-corrected chi connectivity index (χ0v) is 16.7. The molecule has 1 saturated heterocycles. The standard InChI is InChI=1S/C18H20Cl2N4O4/c1-28-15-13(19)5-10(6-14(15)20)7-21-16-12(17(26)27)8-22-18(23-16)24-4-2-3-11(24)9-25/h5-6,8,11,25H,2-4,7,9H2,1H3,(H,26,27)(H,21,22,23). The molecule has 150 valence electrons. The molecule has 0 spiro atoms. The Morgan fingerprint density at radius 1 is 1.39 bits per heavy atom. The Labute approximate surface area is 172 Å². The number of carboxylic acids is 1. The molecule has 1 aliphatic rings. The van der Waals surface area contributed by atoms with E-state index in [2.05, 4.69) is 15.3 Å². The van der Waals surface area contributed by atoms with E-state index in [9.17, 15) is 15.0 Å². The summed E-state index contributed by atoms with van der Waals surface area (Å²) in [6.45, 7) is 0.958. The van der Waals surface area contributed by atoms with Crippen LogP contribution in [0, 0.1) is 0 Å². The molecule has 8 nitrogen and oxygen atoms in total. The second kappa shape index (κ2) is 8.81. The second-order valence-corrected chi connectivity index (χ2v) is 7.17. The molecule has 1 unspecified atom stereocenters. The summed E-state index contributed by atoms with van der Waals surface area (Å²) >= 11 is 12.3. The van der Waals surface area contributed by atoms with Crippen molar-refractivity contribution in [3.05, 3.63) is 39.5 Å². The number of aromatic carboxylic acids is 1. The Morgan fingerprint density at radius 3 is 2.71 bits per heavy atom. The van der Waals surface area contributed by atoms with Crippen LogP contribution in [0.5, 0.6) is 5.75 Å².